The number of rotatable bonds is 6. The highest BCUT2D eigenvalue weighted by Crippen LogP contribution is 2.21. The molecule has 28 heavy (non-hydrogen) atoms. The van der Waals surface area contributed by atoms with E-state index in [2.05, 4.69) is 15.6 Å². The Bertz CT molecular complexity index is 863. The number of halogens is 1. The van der Waals surface area contributed by atoms with Crippen LogP contribution in [0.4, 0.5) is 0 Å². The zero-order valence-electron chi connectivity index (χ0n) is 15.9. The average Bonchev–Trinajstić information content (AvgIpc) is 3.23. The lowest BCUT2D eigenvalue weighted by molar-refractivity contribution is 0.346. The lowest BCUT2D eigenvalue weighted by Gasteiger charge is -2.26. The molecular formula is C19H27IN4O3S. The fraction of sp³-hybridized carbons (Fsp3) is 0.421. The number of piperidine rings is 1. The van der Waals surface area contributed by atoms with E-state index in [-0.39, 0.29) is 24.0 Å². The highest BCUT2D eigenvalue weighted by atomic mass is 127. The van der Waals surface area contributed by atoms with Gasteiger partial charge in [-0.1, -0.05) is 18.6 Å². The molecule has 0 radical (unpaired) electrons. The predicted octanol–water partition coefficient (Wildman–Crippen LogP) is 2.94. The van der Waals surface area contributed by atoms with Crippen molar-refractivity contribution in [3.05, 3.63) is 54.0 Å². The second-order valence-corrected chi connectivity index (χ2v) is 8.46. The summed E-state index contributed by atoms with van der Waals surface area (Å²) in [5, 5.41) is 6.40. The van der Waals surface area contributed by atoms with Crippen LogP contribution in [0.25, 0.3) is 0 Å². The van der Waals surface area contributed by atoms with Crippen molar-refractivity contribution in [2.24, 2.45) is 4.99 Å². The minimum Gasteiger partial charge on any atom is -0.472 e. The summed E-state index contributed by atoms with van der Waals surface area (Å²) in [5.41, 5.74) is 1.91. The summed E-state index contributed by atoms with van der Waals surface area (Å²) < 4.78 is 32.3. The molecule has 7 nitrogen and oxygen atoms in total. The maximum atomic E-state index is 12.8. The molecule has 154 valence electrons. The Kier molecular flexibility index (Phi) is 8.77. The van der Waals surface area contributed by atoms with Gasteiger partial charge in [0.05, 0.1) is 17.4 Å². The van der Waals surface area contributed by atoms with Crippen LogP contribution < -0.4 is 10.6 Å². The normalized spacial score (nSPS) is 15.7. The van der Waals surface area contributed by atoms with Gasteiger partial charge >= 0.3 is 0 Å². The summed E-state index contributed by atoms with van der Waals surface area (Å²) in [5.74, 6) is 0.639. The molecule has 9 heteroatoms. The third kappa shape index (κ3) is 5.95. The minimum absolute atomic E-state index is 0. The zero-order chi connectivity index (χ0) is 19.1. The first kappa shape index (κ1) is 22.7. The lowest BCUT2D eigenvalue weighted by Crippen LogP contribution is -2.36. The lowest BCUT2D eigenvalue weighted by atomic mass is 10.2. The summed E-state index contributed by atoms with van der Waals surface area (Å²) in [6.45, 7) is 2.29. The monoisotopic (exact) mass is 518 g/mol. The Morgan fingerprint density at radius 3 is 2.46 bits per heavy atom. The fourth-order valence-electron chi connectivity index (χ4n) is 3.06. The first-order valence-electron chi connectivity index (χ1n) is 9.14. The van der Waals surface area contributed by atoms with Crippen molar-refractivity contribution < 1.29 is 12.8 Å². The molecule has 0 spiro atoms. The fourth-order valence-corrected chi connectivity index (χ4v) is 4.64. The standard InChI is InChI=1S/C19H26N4O3S.HI/c1-20-19(22-14-17-8-11-26-15-17)21-13-16-6-5-7-18(12-16)27(24,25)23-9-3-2-4-10-23;/h5-8,11-12,15H,2-4,9-10,13-14H2,1H3,(H2,20,21,22);1H. The van der Waals surface area contributed by atoms with Crippen molar-refractivity contribution in [2.45, 2.75) is 37.2 Å². The maximum absolute atomic E-state index is 12.8. The molecule has 0 aliphatic carbocycles. The largest absolute Gasteiger partial charge is 0.472 e. The van der Waals surface area contributed by atoms with Gasteiger partial charge in [0.25, 0.3) is 0 Å². The van der Waals surface area contributed by atoms with E-state index in [1.54, 1.807) is 42.1 Å². The van der Waals surface area contributed by atoms with E-state index in [1.165, 1.54) is 0 Å². The number of benzene rings is 1. The maximum Gasteiger partial charge on any atom is 0.243 e. The molecule has 2 heterocycles. The zero-order valence-corrected chi connectivity index (χ0v) is 19.1. The predicted molar refractivity (Wildman–Crippen MR) is 120 cm³/mol. The van der Waals surface area contributed by atoms with Crippen LogP contribution in [0.3, 0.4) is 0 Å². The summed E-state index contributed by atoms with van der Waals surface area (Å²) in [4.78, 5) is 4.54. The first-order valence-corrected chi connectivity index (χ1v) is 10.6. The highest BCUT2D eigenvalue weighted by Gasteiger charge is 2.25. The number of aliphatic imine (C=N–C) groups is 1. The molecule has 1 aliphatic heterocycles. The second-order valence-electron chi connectivity index (χ2n) is 6.52. The van der Waals surface area contributed by atoms with Crippen LogP contribution in [0, 0.1) is 0 Å². The summed E-state index contributed by atoms with van der Waals surface area (Å²) >= 11 is 0. The molecule has 1 saturated heterocycles. The van der Waals surface area contributed by atoms with Gasteiger partial charge < -0.3 is 15.1 Å². The molecule has 0 amide bonds. The molecule has 0 saturated carbocycles. The van der Waals surface area contributed by atoms with E-state index in [9.17, 15) is 8.42 Å². The van der Waals surface area contributed by atoms with E-state index in [0.29, 0.717) is 37.0 Å². The molecule has 0 bridgehead atoms. The molecule has 2 aromatic rings. The number of hydrogen-bond acceptors (Lipinski definition) is 4. The Labute approximate surface area is 183 Å². The number of furan rings is 1. The first-order chi connectivity index (χ1) is 13.1. The number of nitrogens with zero attached hydrogens (tertiary/aromatic N) is 2. The smallest absolute Gasteiger partial charge is 0.243 e. The highest BCUT2D eigenvalue weighted by molar-refractivity contribution is 14.0. The third-order valence-corrected chi connectivity index (χ3v) is 6.47. The quantitative estimate of drug-likeness (QED) is 0.349. The molecule has 0 unspecified atom stereocenters. The third-order valence-electron chi connectivity index (χ3n) is 4.57. The van der Waals surface area contributed by atoms with Crippen molar-refractivity contribution in [1.82, 2.24) is 14.9 Å². The summed E-state index contributed by atoms with van der Waals surface area (Å²) in [7, 11) is -1.72. The van der Waals surface area contributed by atoms with Crippen LogP contribution in [-0.4, -0.2) is 38.8 Å². The number of hydrogen-bond donors (Lipinski definition) is 2. The van der Waals surface area contributed by atoms with Crippen LogP contribution >= 0.6 is 24.0 Å². The van der Waals surface area contributed by atoms with E-state index in [1.807, 2.05) is 12.1 Å². The Morgan fingerprint density at radius 2 is 1.82 bits per heavy atom. The number of guanidine groups is 1. The average molecular weight is 518 g/mol. The van der Waals surface area contributed by atoms with E-state index in [4.69, 9.17) is 4.42 Å². The van der Waals surface area contributed by atoms with Gasteiger partial charge in [0.1, 0.15) is 0 Å². The van der Waals surface area contributed by atoms with Gasteiger partial charge in [-0.25, -0.2) is 8.42 Å². The van der Waals surface area contributed by atoms with Crippen molar-refractivity contribution in [2.75, 3.05) is 20.1 Å². The Hall–Kier alpha value is -1.59. The Balaban J connectivity index is 0.00000280. The van der Waals surface area contributed by atoms with Crippen molar-refractivity contribution in [3.8, 4) is 0 Å². The molecule has 3 rings (SSSR count). The van der Waals surface area contributed by atoms with E-state index in [0.717, 1.165) is 30.4 Å². The van der Waals surface area contributed by atoms with Gasteiger partial charge in [0.2, 0.25) is 10.0 Å². The van der Waals surface area contributed by atoms with Crippen LogP contribution in [0.2, 0.25) is 0 Å². The summed E-state index contributed by atoms with van der Waals surface area (Å²) in [6.07, 6.45) is 6.26. The second kappa shape index (κ2) is 10.8. The van der Waals surface area contributed by atoms with Gasteiger partial charge in [-0.15, -0.1) is 24.0 Å². The van der Waals surface area contributed by atoms with Crippen LogP contribution in [0.15, 0.2) is 57.2 Å². The van der Waals surface area contributed by atoms with Gasteiger partial charge in [0.15, 0.2) is 5.96 Å². The van der Waals surface area contributed by atoms with E-state index < -0.39 is 10.0 Å². The van der Waals surface area contributed by atoms with Gasteiger partial charge in [0, 0.05) is 38.8 Å². The van der Waals surface area contributed by atoms with Crippen LogP contribution in [0.1, 0.15) is 30.4 Å². The molecule has 0 atom stereocenters. The van der Waals surface area contributed by atoms with Gasteiger partial charge in [-0.05, 0) is 36.6 Å². The van der Waals surface area contributed by atoms with Crippen molar-refractivity contribution in [1.29, 1.82) is 0 Å². The molecule has 1 aromatic carbocycles. The number of sulfonamides is 1. The van der Waals surface area contributed by atoms with Crippen LogP contribution in [-0.2, 0) is 23.1 Å². The molecular weight excluding hydrogens is 491 g/mol. The topological polar surface area (TPSA) is 86.9 Å². The SMILES string of the molecule is CN=C(NCc1ccoc1)NCc1cccc(S(=O)(=O)N2CCCCC2)c1.I. The molecule has 2 N–H and O–H groups in total. The minimum atomic E-state index is -3.42. The summed E-state index contributed by atoms with van der Waals surface area (Å²) in [6, 6.07) is 8.98. The van der Waals surface area contributed by atoms with Crippen molar-refractivity contribution in [3.63, 3.8) is 0 Å². The molecule has 1 aromatic heterocycles. The van der Waals surface area contributed by atoms with Crippen LogP contribution in [0.5, 0.6) is 0 Å². The van der Waals surface area contributed by atoms with E-state index >= 15 is 0 Å². The van der Waals surface area contributed by atoms with Gasteiger partial charge in [-0.3, -0.25) is 4.99 Å². The molecule has 1 fully saturated rings. The Morgan fingerprint density at radius 1 is 1.11 bits per heavy atom. The van der Waals surface area contributed by atoms with Crippen molar-refractivity contribution >= 4 is 40.0 Å². The van der Waals surface area contributed by atoms with Gasteiger partial charge in [-0.2, -0.15) is 4.31 Å². The number of nitrogens with one attached hydrogen (secondary N) is 2. The molecule has 1 aliphatic rings.